The van der Waals surface area contributed by atoms with Crippen molar-refractivity contribution in [3.63, 3.8) is 0 Å². The molecule has 2 unspecified atom stereocenters. The maximum Gasteiger partial charge on any atom is 0.123 e. The molecule has 0 heterocycles. The number of methoxy groups -OCH3 is 2. The van der Waals surface area contributed by atoms with Gasteiger partial charge in [-0.25, -0.2) is 4.39 Å². The number of benzene rings is 1. The number of hydrogen-bond donors (Lipinski definition) is 2. The summed E-state index contributed by atoms with van der Waals surface area (Å²) in [5.74, 6) is 6.19. The lowest BCUT2D eigenvalue weighted by molar-refractivity contribution is 0.149. The Labute approximate surface area is 107 Å². The zero-order valence-electron chi connectivity index (χ0n) is 11.1. The van der Waals surface area contributed by atoms with Gasteiger partial charge in [0, 0.05) is 19.3 Å². The fraction of sp³-hybridized carbons (Fsp3) is 0.538. The Morgan fingerprint density at radius 3 is 2.67 bits per heavy atom. The molecule has 0 spiro atoms. The van der Waals surface area contributed by atoms with Gasteiger partial charge in [0.2, 0.25) is 0 Å². The zero-order chi connectivity index (χ0) is 13.5. The van der Waals surface area contributed by atoms with Crippen LogP contribution in [0.25, 0.3) is 0 Å². The van der Waals surface area contributed by atoms with E-state index in [-0.39, 0.29) is 11.9 Å². The van der Waals surface area contributed by atoms with E-state index in [1.54, 1.807) is 20.3 Å². The second kappa shape index (κ2) is 7.31. The molecule has 3 N–H and O–H groups in total. The van der Waals surface area contributed by atoms with Crippen LogP contribution < -0.4 is 16.0 Å². The molecule has 4 nitrogen and oxygen atoms in total. The van der Waals surface area contributed by atoms with Gasteiger partial charge in [-0.3, -0.25) is 11.3 Å². The van der Waals surface area contributed by atoms with E-state index >= 15 is 0 Å². The average molecular weight is 256 g/mol. The van der Waals surface area contributed by atoms with Gasteiger partial charge < -0.3 is 9.47 Å². The smallest absolute Gasteiger partial charge is 0.123 e. The van der Waals surface area contributed by atoms with Crippen molar-refractivity contribution < 1.29 is 13.9 Å². The van der Waals surface area contributed by atoms with Crippen molar-refractivity contribution in [1.29, 1.82) is 0 Å². The summed E-state index contributed by atoms with van der Waals surface area (Å²) in [5.41, 5.74) is 3.43. The summed E-state index contributed by atoms with van der Waals surface area (Å²) < 4.78 is 23.6. The van der Waals surface area contributed by atoms with Gasteiger partial charge in [0.05, 0.1) is 13.2 Å². The van der Waals surface area contributed by atoms with Gasteiger partial charge in [0.15, 0.2) is 0 Å². The first-order valence-corrected chi connectivity index (χ1v) is 5.90. The third-order valence-corrected chi connectivity index (χ3v) is 2.86. The van der Waals surface area contributed by atoms with E-state index in [9.17, 15) is 4.39 Å². The second-order valence-electron chi connectivity index (χ2n) is 4.40. The van der Waals surface area contributed by atoms with Crippen molar-refractivity contribution in [2.24, 2.45) is 11.8 Å². The Balaban J connectivity index is 2.89. The second-order valence-corrected chi connectivity index (χ2v) is 4.40. The number of nitrogens with two attached hydrogens (primary N) is 1. The summed E-state index contributed by atoms with van der Waals surface area (Å²) in [6.45, 7) is 2.69. The van der Waals surface area contributed by atoms with Gasteiger partial charge in [-0.2, -0.15) is 0 Å². The van der Waals surface area contributed by atoms with Crippen LogP contribution in [-0.2, 0) is 4.74 Å². The Morgan fingerprint density at radius 1 is 1.39 bits per heavy atom. The summed E-state index contributed by atoms with van der Waals surface area (Å²) >= 11 is 0. The summed E-state index contributed by atoms with van der Waals surface area (Å²) in [7, 11) is 3.22. The number of rotatable bonds is 7. The van der Waals surface area contributed by atoms with Crippen molar-refractivity contribution >= 4 is 0 Å². The van der Waals surface area contributed by atoms with Crippen LogP contribution in [0.4, 0.5) is 4.39 Å². The first-order chi connectivity index (χ1) is 8.62. The maximum atomic E-state index is 13.3. The molecular weight excluding hydrogens is 235 g/mol. The first kappa shape index (κ1) is 14.9. The van der Waals surface area contributed by atoms with Crippen LogP contribution in [0.2, 0.25) is 0 Å². The van der Waals surface area contributed by atoms with Crippen molar-refractivity contribution in [3.8, 4) is 5.75 Å². The van der Waals surface area contributed by atoms with Crippen molar-refractivity contribution in [1.82, 2.24) is 5.43 Å². The first-order valence-electron chi connectivity index (χ1n) is 5.90. The minimum atomic E-state index is -0.301. The van der Waals surface area contributed by atoms with Gasteiger partial charge in [0.25, 0.3) is 0 Å². The monoisotopic (exact) mass is 256 g/mol. The Bertz CT molecular complexity index is 374. The molecule has 2 atom stereocenters. The van der Waals surface area contributed by atoms with Crippen molar-refractivity contribution in [2.75, 3.05) is 20.8 Å². The highest BCUT2D eigenvalue weighted by molar-refractivity contribution is 5.36. The largest absolute Gasteiger partial charge is 0.496 e. The topological polar surface area (TPSA) is 56.5 Å². The minimum Gasteiger partial charge on any atom is -0.496 e. The number of hydrazine groups is 1. The quantitative estimate of drug-likeness (QED) is 0.579. The predicted octanol–water partition coefficient (Wildman–Crippen LogP) is 2.01. The van der Waals surface area contributed by atoms with Crippen LogP contribution in [0.1, 0.15) is 24.9 Å². The predicted molar refractivity (Wildman–Crippen MR) is 68.7 cm³/mol. The van der Waals surface area contributed by atoms with Crippen molar-refractivity contribution in [3.05, 3.63) is 29.6 Å². The van der Waals surface area contributed by atoms with Gasteiger partial charge >= 0.3 is 0 Å². The Kier molecular flexibility index (Phi) is 6.04. The molecule has 0 amide bonds. The molecule has 1 aromatic rings. The molecule has 0 aliphatic rings. The lowest BCUT2D eigenvalue weighted by Crippen LogP contribution is -2.30. The molecule has 0 fully saturated rings. The van der Waals surface area contributed by atoms with Crippen LogP contribution in [0, 0.1) is 11.7 Å². The zero-order valence-corrected chi connectivity index (χ0v) is 11.1. The molecule has 0 aliphatic heterocycles. The van der Waals surface area contributed by atoms with Crippen LogP contribution in [0.3, 0.4) is 0 Å². The maximum absolute atomic E-state index is 13.3. The number of ether oxygens (including phenoxy) is 2. The van der Waals surface area contributed by atoms with Gasteiger partial charge in [-0.05, 0) is 30.5 Å². The molecule has 0 saturated carbocycles. The van der Waals surface area contributed by atoms with Gasteiger partial charge in [0.1, 0.15) is 11.6 Å². The third kappa shape index (κ3) is 3.94. The van der Waals surface area contributed by atoms with E-state index in [0.717, 1.165) is 12.0 Å². The molecular formula is C13H21FN2O2. The molecule has 5 heteroatoms. The fourth-order valence-corrected chi connectivity index (χ4v) is 2.02. The average Bonchev–Trinajstić information content (AvgIpc) is 2.36. The Morgan fingerprint density at radius 2 is 2.11 bits per heavy atom. The standard InChI is InChI=1S/C13H21FN2O2/c1-9(8-17-2)6-12(16-15)11-7-10(14)4-5-13(11)18-3/h4-5,7,9,12,16H,6,8,15H2,1-3H3. The van der Waals surface area contributed by atoms with Crippen LogP contribution in [0.15, 0.2) is 18.2 Å². The van der Waals surface area contributed by atoms with Gasteiger partial charge in [-0.1, -0.05) is 6.92 Å². The lowest BCUT2D eigenvalue weighted by Gasteiger charge is -2.22. The molecule has 1 aromatic carbocycles. The van der Waals surface area contributed by atoms with E-state index < -0.39 is 0 Å². The van der Waals surface area contributed by atoms with Gasteiger partial charge in [-0.15, -0.1) is 0 Å². The summed E-state index contributed by atoms with van der Waals surface area (Å²) in [6, 6.07) is 4.26. The minimum absolute atomic E-state index is 0.166. The van der Waals surface area contributed by atoms with Crippen LogP contribution in [0.5, 0.6) is 5.75 Å². The molecule has 1 rings (SSSR count). The molecule has 0 bridgehead atoms. The summed E-state index contributed by atoms with van der Waals surface area (Å²) in [4.78, 5) is 0. The highest BCUT2D eigenvalue weighted by Gasteiger charge is 2.18. The third-order valence-electron chi connectivity index (χ3n) is 2.86. The van der Waals surface area contributed by atoms with Crippen LogP contribution >= 0.6 is 0 Å². The van der Waals surface area contributed by atoms with E-state index in [0.29, 0.717) is 18.3 Å². The number of hydrogen-bond acceptors (Lipinski definition) is 4. The summed E-state index contributed by atoms with van der Waals surface area (Å²) in [6.07, 6.45) is 0.740. The normalized spacial score (nSPS) is 14.3. The SMILES string of the molecule is COCC(C)CC(NN)c1cc(F)ccc1OC. The molecule has 0 aromatic heterocycles. The molecule has 18 heavy (non-hydrogen) atoms. The molecule has 0 radical (unpaired) electrons. The van der Waals surface area contributed by atoms with E-state index in [1.807, 2.05) is 0 Å². The molecule has 0 saturated heterocycles. The number of nitrogens with one attached hydrogen (secondary N) is 1. The fourth-order valence-electron chi connectivity index (χ4n) is 2.02. The molecule has 0 aliphatic carbocycles. The van der Waals surface area contributed by atoms with E-state index in [1.165, 1.54) is 12.1 Å². The highest BCUT2D eigenvalue weighted by atomic mass is 19.1. The number of halogens is 1. The highest BCUT2D eigenvalue weighted by Crippen LogP contribution is 2.29. The Hall–Kier alpha value is -1.17. The van der Waals surface area contributed by atoms with Crippen LogP contribution in [-0.4, -0.2) is 20.8 Å². The molecule has 102 valence electrons. The van der Waals surface area contributed by atoms with Crippen molar-refractivity contribution in [2.45, 2.75) is 19.4 Å². The summed E-state index contributed by atoms with van der Waals surface area (Å²) in [5, 5.41) is 0. The lowest BCUT2D eigenvalue weighted by atomic mass is 9.96. The van der Waals surface area contributed by atoms with E-state index in [4.69, 9.17) is 15.3 Å². The van der Waals surface area contributed by atoms with E-state index in [2.05, 4.69) is 12.3 Å².